The molecule has 0 saturated heterocycles. The van der Waals surface area contributed by atoms with Crippen molar-refractivity contribution < 1.29 is 0 Å². The van der Waals surface area contributed by atoms with E-state index in [1.165, 1.54) is 0 Å². The SMILES string of the molecule is CC(C)Cc1[nH]nnc1I. The van der Waals surface area contributed by atoms with Crippen molar-refractivity contribution in [2.75, 3.05) is 0 Å². The normalized spacial score (nSPS) is 10.8. The van der Waals surface area contributed by atoms with Crippen LogP contribution < -0.4 is 0 Å². The van der Waals surface area contributed by atoms with Crippen LogP contribution in [0.3, 0.4) is 0 Å². The summed E-state index contributed by atoms with van der Waals surface area (Å²) in [6.45, 7) is 4.36. The first-order valence-corrected chi connectivity index (χ1v) is 4.33. The molecule has 0 aliphatic heterocycles. The molecule has 56 valence electrons. The van der Waals surface area contributed by atoms with Crippen molar-refractivity contribution in [1.82, 2.24) is 15.4 Å². The predicted octanol–water partition coefficient (Wildman–Crippen LogP) is 1.61. The Bertz CT molecular complexity index is 207. The van der Waals surface area contributed by atoms with Crippen LogP contribution in [0.15, 0.2) is 0 Å². The van der Waals surface area contributed by atoms with Gasteiger partial charge in [-0.3, -0.25) is 5.10 Å². The second kappa shape index (κ2) is 3.32. The number of nitrogens with zero attached hydrogens (tertiary/aromatic N) is 2. The summed E-state index contributed by atoms with van der Waals surface area (Å²) in [6, 6.07) is 0. The quantitative estimate of drug-likeness (QED) is 0.811. The summed E-state index contributed by atoms with van der Waals surface area (Å²) < 4.78 is 0.992. The monoisotopic (exact) mass is 251 g/mol. The zero-order valence-electron chi connectivity index (χ0n) is 6.06. The lowest BCUT2D eigenvalue weighted by molar-refractivity contribution is 0.632. The summed E-state index contributed by atoms with van der Waals surface area (Å²) in [4.78, 5) is 0. The fourth-order valence-electron chi connectivity index (χ4n) is 0.774. The van der Waals surface area contributed by atoms with Crippen LogP contribution >= 0.6 is 22.6 Å². The van der Waals surface area contributed by atoms with Crippen molar-refractivity contribution in [3.05, 3.63) is 9.39 Å². The van der Waals surface area contributed by atoms with E-state index in [1.54, 1.807) is 0 Å². The van der Waals surface area contributed by atoms with E-state index in [0.717, 1.165) is 15.8 Å². The van der Waals surface area contributed by atoms with Gasteiger partial charge < -0.3 is 0 Å². The van der Waals surface area contributed by atoms with Crippen LogP contribution in [0.4, 0.5) is 0 Å². The fraction of sp³-hybridized carbons (Fsp3) is 0.667. The van der Waals surface area contributed by atoms with Gasteiger partial charge in [0.2, 0.25) is 0 Å². The van der Waals surface area contributed by atoms with Crippen molar-refractivity contribution in [1.29, 1.82) is 0 Å². The van der Waals surface area contributed by atoms with Crippen molar-refractivity contribution in [3.63, 3.8) is 0 Å². The Labute approximate surface area is 73.7 Å². The molecule has 0 bridgehead atoms. The largest absolute Gasteiger partial charge is 0.261 e. The summed E-state index contributed by atoms with van der Waals surface area (Å²) >= 11 is 2.18. The van der Waals surface area contributed by atoms with Crippen LogP contribution in [0.1, 0.15) is 19.5 Å². The first-order valence-electron chi connectivity index (χ1n) is 3.25. The minimum atomic E-state index is 0.663. The highest BCUT2D eigenvalue weighted by Crippen LogP contribution is 2.09. The van der Waals surface area contributed by atoms with Gasteiger partial charge in [-0.05, 0) is 34.9 Å². The number of H-pyrrole nitrogens is 1. The third kappa shape index (κ3) is 1.93. The van der Waals surface area contributed by atoms with Gasteiger partial charge in [0.15, 0.2) is 0 Å². The Kier molecular flexibility index (Phi) is 2.64. The van der Waals surface area contributed by atoms with Crippen LogP contribution in [0.25, 0.3) is 0 Å². The van der Waals surface area contributed by atoms with Crippen molar-refractivity contribution in [2.45, 2.75) is 20.3 Å². The van der Waals surface area contributed by atoms with Crippen LogP contribution in [0.5, 0.6) is 0 Å². The molecule has 4 heteroatoms. The molecule has 1 N–H and O–H groups in total. The maximum Gasteiger partial charge on any atom is 0.146 e. The highest BCUT2D eigenvalue weighted by atomic mass is 127. The van der Waals surface area contributed by atoms with Gasteiger partial charge in [-0.25, -0.2) is 0 Å². The standard InChI is InChI=1S/C6H10IN3/c1-4(2)3-5-6(7)9-10-8-5/h4H,3H2,1-2H3,(H,8,9,10). The average Bonchev–Trinajstić information content (AvgIpc) is 2.15. The van der Waals surface area contributed by atoms with Gasteiger partial charge in [0.1, 0.15) is 3.70 Å². The smallest absolute Gasteiger partial charge is 0.146 e. The maximum atomic E-state index is 3.85. The predicted molar refractivity (Wildman–Crippen MR) is 47.6 cm³/mol. The number of halogens is 1. The van der Waals surface area contributed by atoms with E-state index in [0.29, 0.717) is 5.92 Å². The number of rotatable bonds is 2. The Morgan fingerprint density at radius 2 is 2.30 bits per heavy atom. The second-order valence-electron chi connectivity index (χ2n) is 2.68. The van der Waals surface area contributed by atoms with Crippen LogP contribution in [0, 0.1) is 9.62 Å². The number of nitrogens with one attached hydrogen (secondary N) is 1. The zero-order chi connectivity index (χ0) is 7.56. The van der Waals surface area contributed by atoms with Crippen molar-refractivity contribution in [2.24, 2.45) is 5.92 Å². The molecule has 0 aliphatic carbocycles. The lowest BCUT2D eigenvalue weighted by Gasteiger charge is -1.99. The Hall–Kier alpha value is -0.130. The Balaban J connectivity index is 2.65. The summed E-state index contributed by atoms with van der Waals surface area (Å²) in [5.74, 6) is 0.663. The molecule has 0 aliphatic rings. The molecule has 0 aromatic carbocycles. The molecular weight excluding hydrogens is 241 g/mol. The number of hydrogen-bond acceptors (Lipinski definition) is 2. The van der Waals surface area contributed by atoms with E-state index in [4.69, 9.17) is 0 Å². The molecule has 1 rings (SSSR count). The van der Waals surface area contributed by atoms with E-state index in [9.17, 15) is 0 Å². The molecule has 1 aromatic heterocycles. The lowest BCUT2D eigenvalue weighted by atomic mass is 10.1. The second-order valence-corrected chi connectivity index (χ2v) is 3.70. The van der Waals surface area contributed by atoms with Gasteiger partial charge in [-0.1, -0.05) is 19.1 Å². The van der Waals surface area contributed by atoms with Crippen LogP contribution in [-0.2, 0) is 6.42 Å². The zero-order valence-corrected chi connectivity index (χ0v) is 8.21. The minimum Gasteiger partial charge on any atom is -0.261 e. The van der Waals surface area contributed by atoms with Gasteiger partial charge in [0.25, 0.3) is 0 Å². The molecule has 0 fully saturated rings. The van der Waals surface area contributed by atoms with E-state index < -0.39 is 0 Å². The van der Waals surface area contributed by atoms with Gasteiger partial charge in [0.05, 0.1) is 5.69 Å². The highest BCUT2D eigenvalue weighted by Gasteiger charge is 2.04. The summed E-state index contributed by atoms with van der Waals surface area (Å²) in [5, 5.41) is 10.4. The van der Waals surface area contributed by atoms with Gasteiger partial charge in [0, 0.05) is 0 Å². The number of aromatic nitrogens is 3. The number of hydrogen-bond donors (Lipinski definition) is 1. The highest BCUT2D eigenvalue weighted by molar-refractivity contribution is 14.1. The molecule has 0 spiro atoms. The molecule has 0 saturated carbocycles. The topological polar surface area (TPSA) is 41.6 Å². The molecule has 0 atom stereocenters. The van der Waals surface area contributed by atoms with Crippen LogP contribution in [0.2, 0.25) is 0 Å². The molecule has 0 radical (unpaired) electrons. The first kappa shape index (κ1) is 7.97. The third-order valence-electron chi connectivity index (χ3n) is 1.18. The van der Waals surface area contributed by atoms with E-state index in [2.05, 4.69) is 51.8 Å². The average molecular weight is 251 g/mol. The molecular formula is C6H10IN3. The summed E-state index contributed by atoms with van der Waals surface area (Å²) in [7, 11) is 0. The van der Waals surface area contributed by atoms with E-state index >= 15 is 0 Å². The fourth-order valence-corrected chi connectivity index (χ4v) is 1.22. The molecule has 1 aromatic rings. The molecule has 1 heterocycles. The minimum absolute atomic E-state index is 0.663. The Morgan fingerprint density at radius 3 is 2.70 bits per heavy atom. The molecule has 0 amide bonds. The molecule has 3 nitrogen and oxygen atoms in total. The number of aromatic amines is 1. The summed E-state index contributed by atoms with van der Waals surface area (Å²) in [5.41, 5.74) is 1.15. The summed E-state index contributed by atoms with van der Waals surface area (Å²) in [6.07, 6.45) is 1.03. The third-order valence-corrected chi connectivity index (χ3v) is 2.05. The maximum absolute atomic E-state index is 3.85. The Morgan fingerprint density at radius 1 is 1.60 bits per heavy atom. The van der Waals surface area contributed by atoms with E-state index in [1.807, 2.05) is 0 Å². The first-order chi connectivity index (χ1) is 4.70. The lowest BCUT2D eigenvalue weighted by Crippen LogP contribution is -1.95. The van der Waals surface area contributed by atoms with E-state index in [-0.39, 0.29) is 0 Å². The molecule has 10 heavy (non-hydrogen) atoms. The van der Waals surface area contributed by atoms with Crippen molar-refractivity contribution >= 4 is 22.6 Å². The van der Waals surface area contributed by atoms with Gasteiger partial charge in [-0.2, -0.15) is 0 Å². The van der Waals surface area contributed by atoms with Gasteiger partial charge in [-0.15, -0.1) is 5.10 Å². The van der Waals surface area contributed by atoms with Gasteiger partial charge >= 0.3 is 0 Å². The van der Waals surface area contributed by atoms with Crippen molar-refractivity contribution in [3.8, 4) is 0 Å². The van der Waals surface area contributed by atoms with Crippen LogP contribution in [-0.4, -0.2) is 15.4 Å². The molecule has 0 unspecified atom stereocenters.